The fourth-order valence-corrected chi connectivity index (χ4v) is 2.23. The minimum atomic E-state index is -0.236. The summed E-state index contributed by atoms with van der Waals surface area (Å²) >= 11 is 1.35. The van der Waals surface area contributed by atoms with Crippen LogP contribution in [0.1, 0.15) is 19.8 Å². The van der Waals surface area contributed by atoms with E-state index in [-0.39, 0.29) is 17.8 Å². The number of hydrogen-bond donors (Lipinski definition) is 2. The van der Waals surface area contributed by atoms with Gasteiger partial charge in [0.2, 0.25) is 5.91 Å². The average Bonchev–Trinajstić information content (AvgIpc) is 2.31. The Kier molecular flexibility index (Phi) is 6.75. The Labute approximate surface area is 111 Å². The first-order valence-electron chi connectivity index (χ1n) is 5.99. The number of nitrogens with two attached hydrogens (primary N) is 1. The van der Waals surface area contributed by atoms with Gasteiger partial charge in [0.25, 0.3) is 0 Å². The second kappa shape index (κ2) is 8.11. The van der Waals surface area contributed by atoms with Crippen molar-refractivity contribution < 1.29 is 9.18 Å². The van der Waals surface area contributed by atoms with Crippen LogP contribution in [0.4, 0.5) is 4.39 Å². The molecule has 1 unspecified atom stereocenters. The maximum Gasteiger partial charge on any atom is 0.220 e. The largest absolute Gasteiger partial charge is 0.356 e. The molecule has 0 heterocycles. The SMILES string of the molecule is CC(N)CCNC(=O)CCSc1ccccc1F. The Morgan fingerprint density at radius 1 is 1.50 bits per heavy atom. The third-order valence-corrected chi connectivity index (χ3v) is 3.40. The van der Waals surface area contributed by atoms with Crippen molar-refractivity contribution in [3.63, 3.8) is 0 Å². The van der Waals surface area contributed by atoms with Crippen LogP contribution in [-0.4, -0.2) is 24.2 Å². The second-order valence-electron chi connectivity index (χ2n) is 4.14. The number of benzene rings is 1. The highest BCUT2D eigenvalue weighted by Gasteiger charge is 2.04. The van der Waals surface area contributed by atoms with Gasteiger partial charge in [-0.1, -0.05) is 12.1 Å². The summed E-state index contributed by atoms with van der Waals surface area (Å²) in [6.07, 6.45) is 1.16. The molecule has 100 valence electrons. The Morgan fingerprint density at radius 3 is 2.89 bits per heavy atom. The molecule has 0 fully saturated rings. The highest BCUT2D eigenvalue weighted by Crippen LogP contribution is 2.21. The Hall–Kier alpha value is -1.07. The zero-order valence-corrected chi connectivity index (χ0v) is 11.3. The van der Waals surface area contributed by atoms with Gasteiger partial charge >= 0.3 is 0 Å². The molecule has 0 aliphatic rings. The van der Waals surface area contributed by atoms with Crippen LogP contribution in [0.2, 0.25) is 0 Å². The third-order valence-electron chi connectivity index (χ3n) is 2.35. The fraction of sp³-hybridized carbons (Fsp3) is 0.462. The summed E-state index contributed by atoms with van der Waals surface area (Å²) in [5.74, 6) is 0.324. The van der Waals surface area contributed by atoms with E-state index in [0.29, 0.717) is 23.6 Å². The highest BCUT2D eigenvalue weighted by molar-refractivity contribution is 7.99. The number of carbonyl (C=O) groups excluding carboxylic acids is 1. The zero-order valence-electron chi connectivity index (χ0n) is 10.5. The van der Waals surface area contributed by atoms with Gasteiger partial charge in [0, 0.05) is 29.7 Å². The van der Waals surface area contributed by atoms with Gasteiger partial charge in [-0.2, -0.15) is 0 Å². The van der Waals surface area contributed by atoms with Crippen molar-refractivity contribution in [2.75, 3.05) is 12.3 Å². The van der Waals surface area contributed by atoms with E-state index in [2.05, 4.69) is 5.32 Å². The normalized spacial score (nSPS) is 12.2. The molecule has 5 heteroatoms. The lowest BCUT2D eigenvalue weighted by Gasteiger charge is -2.07. The van der Waals surface area contributed by atoms with E-state index in [9.17, 15) is 9.18 Å². The standard InChI is InChI=1S/C13H19FN2OS/c1-10(15)6-8-16-13(17)7-9-18-12-5-3-2-4-11(12)14/h2-5,10H,6-9,15H2,1H3,(H,16,17). The van der Waals surface area contributed by atoms with Crippen LogP contribution in [0, 0.1) is 5.82 Å². The van der Waals surface area contributed by atoms with Crippen molar-refractivity contribution in [3.8, 4) is 0 Å². The minimum absolute atomic E-state index is 0.0144. The van der Waals surface area contributed by atoms with E-state index in [4.69, 9.17) is 5.73 Å². The van der Waals surface area contributed by atoms with E-state index in [1.165, 1.54) is 17.8 Å². The number of hydrogen-bond acceptors (Lipinski definition) is 3. The second-order valence-corrected chi connectivity index (χ2v) is 5.28. The monoisotopic (exact) mass is 270 g/mol. The first-order valence-corrected chi connectivity index (χ1v) is 6.97. The summed E-state index contributed by atoms with van der Waals surface area (Å²) < 4.78 is 13.3. The van der Waals surface area contributed by atoms with Crippen LogP contribution >= 0.6 is 11.8 Å². The number of nitrogens with one attached hydrogen (secondary N) is 1. The Morgan fingerprint density at radius 2 is 2.22 bits per heavy atom. The van der Waals surface area contributed by atoms with Gasteiger partial charge in [0.15, 0.2) is 0 Å². The first-order chi connectivity index (χ1) is 8.59. The third kappa shape index (κ3) is 6.02. The average molecular weight is 270 g/mol. The number of halogens is 1. The lowest BCUT2D eigenvalue weighted by molar-refractivity contribution is -0.120. The number of thioether (sulfide) groups is 1. The van der Waals surface area contributed by atoms with Crippen LogP contribution < -0.4 is 11.1 Å². The van der Waals surface area contributed by atoms with Crippen LogP contribution in [0.5, 0.6) is 0 Å². The molecule has 1 aromatic carbocycles. The van der Waals surface area contributed by atoms with Crippen molar-refractivity contribution in [2.45, 2.75) is 30.7 Å². The molecule has 0 saturated heterocycles. The van der Waals surface area contributed by atoms with Gasteiger partial charge < -0.3 is 11.1 Å². The van der Waals surface area contributed by atoms with Crippen molar-refractivity contribution in [1.29, 1.82) is 0 Å². The van der Waals surface area contributed by atoms with Gasteiger partial charge in [-0.15, -0.1) is 11.8 Å². The topological polar surface area (TPSA) is 55.1 Å². The summed E-state index contributed by atoms with van der Waals surface area (Å²) in [5, 5.41) is 2.79. The molecular formula is C13H19FN2OS. The number of amides is 1. The van der Waals surface area contributed by atoms with Crippen LogP contribution in [0.25, 0.3) is 0 Å². The van der Waals surface area contributed by atoms with Crippen LogP contribution in [0.15, 0.2) is 29.2 Å². The van der Waals surface area contributed by atoms with Gasteiger partial charge in [-0.25, -0.2) is 4.39 Å². The van der Waals surface area contributed by atoms with Gasteiger partial charge in [0.1, 0.15) is 5.82 Å². The summed E-state index contributed by atoms with van der Waals surface area (Å²) in [6, 6.07) is 6.67. The van der Waals surface area contributed by atoms with Crippen molar-refractivity contribution >= 4 is 17.7 Å². The predicted molar refractivity (Wildman–Crippen MR) is 73.0 cm³/mol. The van der Waals surface area contributed by atoms with E-state index in [1.807, 2.05) is 6.92 Å². The highest BCUT2D eigenvalue weighted by atomic mass is 32.2. The number of carbonyl (C=O) groups is 1. The molecule has 1 amide bonds. The maximum absolute atomic E-state index is 13.3. The molecule has 3 N–H and O–H groups in total. The quantitative estimate of drug-likeness (QED) is 0.747. The fourth-order valence-electron chi connectivity index (χ4n) is 1.34. The van der Waals surface area contributed by atoms with Gasteiger partial charge in [-0.3, -0.25) is 4.79 Å². The molecule has 3 nitrogen and oxygen atoms in total. The van der Waals surface area contributed by atoms with E-state index < -0.39 is 0 Å². The van der Waals surface area contributed by atoms with Gasteiger partial charge in [-0.05, 0) is 25.5 Å². The molecular weight excluding hydrogens is 251 g/mol. The maximum atomic E-state index is 13.3. The Bertz CT molecular complexity index is 385. The first kappa shape index (κ1) is 15.0. The summed E-state index contributed by atoms with van der Waals surface area (Å²) in [4.78, 5) is 12.0. The molecule has 0 aliphatic carbocycles. The summed E-state index contributed by atoms with van der Waals surface area (Å²) in [7, 11) is 0. The lowest BCUT2D eigenvalue weighted by atomic mass is 10.2. The minimum Gasteiger partial charge on any atom is -0.356 e. The molecule has 18 heavy (non-hydrogen) atoms. The smallest absolute Gasteiger partial charge is 0.220 e. The van der Waals surface area contributed by atoms with Crippen molar-refractivity contribution in [2.24, 2.45) is 5.73 Å². The molecule has 1 aromatic rings. The molecule has 1 rings (SSSR count). The molecule has 0 spiro atoms. The lowest BCUT2D eigenvalue weighted by Crippen LogP contribution is -2.29. The van der Waals surface area contributed by atoms with Gasteiger partial charge in [0.05, 0.1) is 0 Å². The van der Waals surface area contributed by atoms with Crippen molar-refractivity contribution in [1.82, 2.24) is 5.32 Å². The van der Waals surface area contributed by atoms with Crippen LogP contribution in [-0.2, 0) is 4.79 Å². The number of rotatable bonds is 7. The van der Waals surface area contributed by atoms with Crippen LogP contribution in [0.3, 0.4) is 0 Å². The molecule has 0 radical (unpaired) electrons. The Balaban J connectivity index is 2.18. The summed E-state index contributed by atoms with van der Waals surface area (Å²) in [5.41, 5.74) is 5.57. The van der Waals surface area contributed by atoms with E-state index in [1.54, 1.807) is 18.2 Å². The molecule has 0 bridgehead atoms. The molecule has 1 atom stereocenters. The zero-order chi connectivity index (χ0) is 13.4. The van der Waals surface area contributed by atoms with E-state index >= 15 is 0 Å². The summed E-state index contributed by atoms with van der Waals surface area (Å²) in [6.45, 7) is 2.50. The predicted octanol–water partition coefficient (Wildman–Crippen LogP) is 2.16. The molecule has 0 aliphatic heterocycles. The van der Waals surface area contributed by atoms with Crippen molar-refractivity contribution in [3.05, 3.63) is 30.1 Å². The molecule has 0 aromatic heterocycles. The van der Waals surface area contributed by atoms with E-state index in [0.717, 1.165) is 6.42 Å². The molecule has 0 saturated carbocycles.